The van der Waals surface area contributed by atoms with Crippen molar-refractivity contribution in [1.29, 1.82) is 0 Å². The molecule has 15 heavy (non-hydrogen) atoms. The van der Waals surface area contributed by atoms with Crippen molar-refractivity contribution in [3.8, 4) is 0 Å². The minimum Gasteiger partial charge on any atom is -0.364 e. The molecule has 1 aliphatic rings. The molecule has 0 aromatic heterocycles. The Labute approximate surface area is 99.4 Å². The topological polar surface area (TPSA) is 43.4 Å². The minimum absolute atomic E-state index is 0.108. The van der Waals surface area contributed by atoms with Gasteiger partial charge in [-0.05, 0) is 6.92 Å². The summed E-state index contributed by atoms with van der Waals surface area (Å²) in [7, 11) is -3.24. The fourth-order valence-corrected chi connectivity index (χ4v) is 5.30. The minimum atomic E-state index is -4.44. The zero-order valence-electron chi connectivity index (χ0n) is 7.79. The molecule has 0 spiro atoms. The molecule has 1 fully saturated rings. The molecule has 1 aliphatic heterocycles. The smallest absolute Gasteiger partial charge is 0.364 e. The molecule has 1 saturated heterocycles. The predicted molar refractivity (Wildman–Crippen MR) is 56.9 cm³/mol. The Balaban J connectivity index is 2.61. The molecule has 90 valence electrons. The van der Waals surface area contributed by atoms with Crippen LogP contribution >= 0.6 is 22.6 Å². The van der Waals surface area contributed by atoms with Gasteiger partial charge in [-0.2, -0.15) is 13.2 Å². The second kappa shape index (κ2) is 4.36. The van der Waals surface area contributed by atoms with Crippen molar-refractivity contribution in [2.75, 3.05) is 11.5 Å². The first-order chi connectivity index (χ1) is 6.62. The van der Waals surface area contributed by atoms with Crippen LogP contribution < -0.4 is 0 Å². The number of ether oxygens (including phenoxy) is 1. The molecule has 0 saturated carbocycles. The lowest BCUT2D eigenvalue weighted by Gasteiger charge is -2.21. The fraction of sp³-hybridized carbons (Fsp3) is 1.00. The first-order valence-electron chi connectivity index (χ1n) is 4.18. The van der Waals surface area contributed by atoms with Gasteiger partial charge in [0, 0.05) is 0 Å². The maximum Gasteiger partial charge on any atom is 0.414 e. The van der Waals surface area contributed by atoms with E-state index in [2.05, 4.69) is 0 Å². The van der Waals surface area contributed by atoms with Crippen LogP contribution in [0.15, 0.2) is 0 Å². The maximum atomic E-state index is 12.1. The molecule has 3 nitrogen and oxygen atoms in total. The van der Waals surface area contributed by atoms with Gasteiger partial charge >= 0.3 is 6.18 Å². The molecule has 0 aliphatic carbocycles. The summed E-state index contributed by atoms with van der Waals surface area (Å²) in [6.45, 7) is 0.883. The molecular formula is C7H10F3IO3S. The second-order valence-electron chi connectivity index (χ2n) is 3.45. The Kier molecular flexibility index (Phi) is 3.92. The first kappa shape index (κ1) is 13.5. The highest BCUT2D eigenvalue weighted by Gasteiger charge is 2.43. The molecule has 3 unspecified atom stereocenters. The summed E-state index contributed by atoms with van der Waals surface area (Å²) in [5, 5.41) is 0. The van der Waals surface area contributed by atoms with E-state index in [1.807, 2.05) is 22.6 Å². The van der Waals surface area contributed by atoms with E-state index in [1.54, 1.807) is 0 Å². The molecule has 1 rings (SSSR count). The predicted octanol–water partition coefficient (Wildman–Crippen LogP) is 1.55. The van der Waals surface area contributed by atoms with Gasteiger partial charge in [-0.15, -0.1) is 0 Å². The lowest BCUT2D eigenvalue weighted by molar-refractivity contribution is -0.223. The highest BCUT2D eigenvalue weighted by atomic mass is 127. The van der Waals surface area contributed by atoms with Crippen molar-refractivity contribution in [2.45, 2.75) is 29.2 Å². The Morgan fingerprint density at radius 3 is 2.27 bits per heavy atom. The molecule has 0 radical (unpaired) electrons. The van der Waals surface area contributed by atoms with Crippen LogP contribution in [0.2, 0.25) is 0 Å². The number of alkyl halides is 4. The van der Waals surface area contributed by atoms with Gasteiger partial charge in [0.15, 0.2) is 15.9 Å². The first-order valence-corrected chi connectivity index (χ1v) is 7.25. The average molecular weight is 358 g/mol. The van der Waals surface area contributed by atoms with Crippen molar-refractivity contribution in [2.24, 2.45) is 0 Å². The van der Waals surface area contributed by atoms with Crippen LogP contribution in [-0.4, -0.2) is 42.2 Å². The van der Waals surface area contributed by atoms with Crippen LogP contribution in [-0.2, 0) is 14.6 Å². The van der Waals surface area contributed by atoms with E-state index >= 15 is 0 Å². The number of halogens is 4. The summed E-state index contributed by atoms with van der Waals surface area (Å²) in [6.07, 6.45) is -7.22. The third-order valence-electron chi connectivity index (χ3n) is 2.07. The molecule has 0 bridgehead atoms. The van der Waals surface area contributed by atoms with E-state index < -0.39 is 32.1 Å². The summed E-state index contributed by atoms with van der Waals surface area (Å²) < 4.78 is 63.0. The molecule has 1 heterocycles. The van der Waals surface area contributed by atoms with Gasteiger partial charge < -0.3 is 4.74 Å². The zero-order valence-corrected chi connectivity index (χ0v) is 10.8. The molecule has 0 amide bonds. The standard InChI is InChI=1S/C7H10F3IO3S/c1-4(7(8,9)10)14-6-3-15(12,13)2-5(6)11/h4-6H,2-3H2,1H3. The van der Waals surface area contributed by atoms with Gasteiger partial charge in [-0.1, -0.05) is 22.6 Å². The Morgan fingerprint density at radius 2 is 1.93 bits per heavy atom. The van der Waals surface area contributed by atoms with Crippen LogP contribution in [0.4, 0.5) is 13.2 Å². The van der Waals surface area contributed by atoms with Crippen molar-refractivity contribution in [3.05, 3.63) is 0 Å². The lowest BCUT2D eigenvalue weighted by Crippen LogP contribution is -2.35. The van der Waals surface area contributed by atoms with Crippen molar-refractivity contribution < 1.29 is 26.3 Å². The quantitative estimate of drug-likeness (QED) is 0.556. The van der Waals surface area contributed by atoms with E-state index in [-0.39, 0.29) is 11.5 Å². The largest absolute Gasteiger partial charge is 0.414 e. The summed E-state index contributed by atoms with van der Waals surface area (Å²) in [5.74, 6) is -0.427. The highest BCUT2D eigenvalue weighted by Crippen LogP contribution is 2.29. The maximum absolute atomic E-state index is 12.1. The Morgan fingerprint density at radius 1 is 1.40 bits per heavy atom. The average Bonchev–Trinajstić information content (AvgIpc) is 2.22. The summed E-state index contributed by atoms with van der Waals surface area (Å²) in [5.41, 5.74) is 0. The highest BCUT2D eigenvalue weighted by molar-refractivity contribution is 14.1. The number of rotatable bonds is 2. The molecule has 0 aromatic carbocycles. The Bertz CT molecular complexity index is 327. The summed E-state index contributed by atoms with van der Waals surface area (Å²) in [4.78, 5) is 0. The lowest BCUT2D eigenvalue weighted by atomic mass is 10.3. The molecule has 0 aromatic rings. The number of sulfone groups is 1. The number of hydrogen-bond donors (Lipinski definition) is 0. The molecule has 0 N–H and O–H groups in total. The normalized spacial score (nSPS) is 32.9. The van der Waals surface area contributed by atoms with Crippen molar-refractivity contribution in [1.82, 2.24) is 0 Å². The Hall–Kier alpha value is 0.430. The van der Waals surface area contributed by atoms with Crippen LogP contribution in [0.3, 0.4) is 0 Å². The van der Waals surface area contributed by atoms with E-state index in [9.17, 15) is 21.6 Å². The van der Waals surface area contributed by atoms with Gasteiger partial charge in [0.2, 0.25) is 0 Å². The van der Waals surface area contributed by atoms with Crippen LogP contribution in [0.1, 0.15) is 6.92 Å². The fourth-order valence-electron chi connectivity index (χ4n) is 1.24. The van der Waals surface area contributed by atoms with Crippen LogP contribution in [0, 0.1) is 0 Å². The second-order valence-corrected chi connectivity index (χ2v) is 7.21. The number of hydrogen-bond acceptors (Lipinski definition) is 3. The molecule has 3 atom stereocenters. The monoisotopic (exact) mass is 358 g/mol. The van der Waals surface area contributed by atoms with E-state index in [4.69, 9.17) is 4.74 Å². The molecular weight excluding hydrogens is 348 g/mol. The van der Waals surface area contributed by atoms with Crippen LogP contribution in [0.5, 0.6) is 0 Å². The molecule has 8 heteroatoms. The van der Waals surface area contributed by atoms with E-state index in [1.165, 1.54) is 0 Å². The third-order valence-corrected chi connectivity index (χ3v) is 5.62. The van der Waals surface area contributed by atoms with Gasteiger partial charge in [0.25, 0.3) is 0 Å². The van der Waals surface area contributed by atoms with Crippen molar-refractivity contribution >= 4 is 32.4 Å². The van der Waals surface area contributed by atoms with E-state index in [0.717, 1.165) is 6.92 Å². The van der Waals surface area contributed by atoms with Crippen molar-refractivity contribution in [3.63, 3.8) is 0 Å². The summed E-state index contributed by atoms with van der Waals surface area (Å²) in [6, 6.07) is 0. The van der Waals surface area contributed by atoms with E-state index in [0.29, 0.717) is 0 Å². The SMILES string of the molecule is CC(OC1CS(=O)(=O)CC1I)C(F)(F)F. The van der Waals surface area contributed by atoms with Gasteiger partial charge in [0.05, 0.1) is 21.5 Å². The van der Waals surface area contributed by atoms with Crippen LogP contribution in [0.25, 0.3) is 0 Å². The van der Waals surface area contributed by atoms with Gasteiger partial charge in [-0.3, -0.25) is 0 Å². The van der Waals surface area contributed by atoms with Gasteiger partial charge in [0.1, 0.15) is 0 Å². The third kappa shape index (κ3) is 3.74. The zero-order chi connectivity index (χ0) is 11.9. The van der Waals surface area contributed by atoms with Gasteiger partial charge in [-0.25, -0.2) is 8.42 Å². The summed E-state index contributed by atoms with van der Waals surface area (Å²) >= 11 is 1.81.